The fraction of sp³-hybridized carbons (Fsp3) is 0.333. The van der Waals surface area contributed by atoms with E-state index in [1.807, 2.05) is 24.3 Å². The molecule has 0 aliphatic carbocycles. The highest BCUT2D eigenvalue weighted by atomic mass is 16.5. The van der Waals surface area contributed by atoms with Crippen LogP contribution in [0.3, 0.4) is 0 Å². The molecule has 1 aromatic carbocycles. The van der Waals surface area contributed by atoms with Gasteiger partial charge in [-0.2, -0.15) is 0 Å². The van der Waals surface area contributed by atoms with E-state index in [4.69, 9.17) is 0 Å². The van der Waals surface area contributed by atoms with Gasteiger partial charge in [0.25, 0.3) is 0 Å². The van der Waals surface area contributed by atoms with Crippen LogP contribution in [0, 0.1) is 0 Å². The van der Waals surface area contributed by atoms with E-state index in [2.05, 4.69) is 14.8 Å². The molecule has 2 rings (SSSR count). The number of nitrogens with one attached hydrogen (secondary N) is 1. The van der Waals surface area contributed by atoms with E-state index in [-0.39, 0.29) is 18.4 Å². The number of carbonyl (C=O) groups is 2. The first-order valence-corrected chi connectivity index (χ1v) is 6.35. The predicted molar refractivity (Wildman–Crippen MR) is 73.7 cm³/mol. The predicted octanol–water partition coefficient (Wildman–Crippen LogP) is 1.28. The molecule has 0 aromatic heterocycles. The van der Waals surface area contributed by atoms with Crippen molar-refractivity contribution in [2.45, 2.75) is 18.9 Å². The van der Waals surface area contributed by atoms with Gasteiger partial charge in [0.2, 0.25) is 0 Å². The molecule has 0 spiro atoms. The number of methoxy groups -OCH3 is 2. The zero-order valence-corrected chi connectivity index (χ0v) is 11.5. The van der Waals surface area contributed by atoms with Crippen LogP contribution in [-0.4, -0.2) is 32.2 Å². The van der Waals surface area contributed by atoms with Crippen molar-refractivity contribution in [3.63, 3.8) is 0 Å². The summed E-state index contributed by atoms with van der Waals surface area (Å²) < 4.78 is 9.35. The third kappa shape index (κ3) is 3.17. The molecule has 1 N–H and O–H groups in total. The highest BCUT2D eigenvalue weighted by Gasteiger charge is 2.24. The molecule has 0 saturated heterocycles. The summed E-state index contributed by atoms with van der Waals surface area (Å²) in [5.74, 6) is -0.708. The monoisotopic (exact) mass is 275 g/mol. The molecule has 106 valence electrons. The minimum atomic E-state index is -0.430. The number of esters is 2. The highest BCUT2D eigenvalue weighted by molar-refractivity contribution is 5.91. The van der Waals surface area contributed by atoms with Crippen LogP contribution in [0.5, 0.6) is 0 Å². The lowest BCUT2D eigenvalue weighted by Crippen LogP contribution is -2.37. The number of hydrogen-bond acceptors (Lipinski definition) is 5. The van der Waals surface area contributed by atoms with Crippen LogP contribution in [0.15, 0.2) is 30.3 Å². The minimum Gasteiger partial charge on any atom is -0.469 e. The van der Waals surface area contributed by atoms with Crippen LogP contribution in [0.2, 0.25) is 0 Å². The van der Waals surface area contributed by atoms with E-state index in [9.17, 15) is 9.59 Å². The molecule has 1 atom stereocenters. The molecule has 1 aliphatic rings. The summed E-state index contributed by atoms with van der Waals surface area (Å²) >= 11 is 0. The maximum Gasteiger partial charge on any atom is 0.332 e. The van der Waals surface area contributed by atoms with Gasteiger partial charge < -0.3 is 14.8 Å². The lowest BCUT2D eigenvalue weighted by atomic mass is 9.91. The fourth-order valence-electron chi connectivity index (χ4n) is 2.28. The molecule has 0 saturated carbocycles. The molecule has 0 amide bonds. The summed E-state index contributed by atoms with van der Waals surface area (Å²) in [4.78, 5) is 22.8. The van der Waals surface area contributed by atoms with Gasteiger partial charge in [-0.3, -0.25) is 4.79 Å². The van der Waals surface area contributed by atoms with Crippen molar-refractivity contribution >= 4 is 17.6 Å². The summed E-state index contributed by atoms with van der Waals surface area (Å²) in [6, 6.07) is 7.69. The SMILES string of the molecule is COC(=O)/C=C1\NC(CC(=O)OC)Cc2ccccc21. The van der Waals surface area contributed by atoms with Crippen LogP contribution in [0.25, 0.3) is 5.70 Å². The summed E-state index contributed by atoms with van der Waals surface area (Å²) in [5.41, 5.74) is 2.72. The first-order valence-electron chi connectivity index (χ1n) is 6.35. The normalized spacial score (nSPS) is 18.9. The molecule has 1 heterocycles. The van der Waals surface area contributed by atoms with Crippen molar-refractivity contribution < 1.29 is 19.1 Å². The van der Waals surface area contributed by atoms with Crippen LogP contribution < -0.4 is 5.32 Å². The lowest BCUT2D eigenvalue weighted by molar-refractivity contribution is -0.141. The second-order valence-electron chi connectivity index (χ2n) is 4.56. The van der Waals surface area contributed by atoms with Crippen LogP contribution in [-0.2, 0) is 25.5 Å². The maximum atomic E-state index is 11.4. The van der Waals surface area contributed by atoms with Crippen molar-refractivity contribution in [2.24, 2.45) is 0 Å². The van der Waals surface area contributed by atoms with Gasteiger partial charge in [-0.15, -0.1) is 0 Å². The topological polar surface area (TPSA) is 64.6 Å². The zero-order valence-electron chi connectivity index (χ0n) is 11.5. The zero-order chi connectivity index (χ0) is 14.5. The smallest absolute Gasteiger partial charge is 0.332 e. The van der Waals surface area contributed by atoms with Gasteiger partial charge in [0.1, 0.15) is 0 Å². The van der Waals surface area contributed by atoms with Crippen molar-refractivity contribution in [1.82, 2.24) is 5.32 Å². The molecule has 1 unspecified atom stereocenters. The van der Waals surface area contributed by atoms with Gasteiger partial charge in [-0.1, -0.05) is 24.3 Å². The molecule has 1 aliphatic heterocycles. The molecule has 5 nitrogen and oxygen atoms in total. The Kier molecular flexibility index (Phi) is 4.40. The number of rotatable bonds is 3. The summed E-state index contributed by atoms with van der Waals surface area (Å²) in [5, 5.41) is 3.20. The Hall–Kier alpha value is -2.30. The summed E-state index contributed by atoms with van der Waals surface area (Å²) in [6.07, 6.45) is 2.37. The standard InChI is InChI=1S/C15H17NO4/c1-19-14(17)8-11-7-10-5-3-4-6-12(10)13(16-11)9-15(18)20-2/h3-6,9,11,16H,7-8H2,1-2H3/b13-9-. The van der Waals surface area contributed by atoms with Gasteiger partial charge in [0.05, 0.1) is 20.6 Å². The summed E-state index contributed by atoms with van der Waals surface area (Å²) in [6.45, 7) is 0. The van der Waals surface area contributed by atoms with Crippen LogP contribution >= 0.6 is 0 Å². The number of fused-ring (bicyclic) bond motifs is 1. The third-order valence-corrected chi connectivity index (χ3v) is 3.24. The van der Waals surface area contributed by atoms with Crippen molar-refractivity contribution in [3.8, 4) is 0 Å². The van der Waals surface area contributed by atoms with E-state index in [0.717, 1.165) is 11.1 Å². The third-order valence-electron chi connectivity index (χ3n) is 3.24. The average Bonchev–Trinajstić information content (AvgIpc) is 2.47. The van der Waals surface area contributed by atoms with Gasteiger partial charge in [-0.25, -0.2) is 4.79 Å². The number of benzene rings is 1. The Morgan fingerprint density at radius 2 is 2.05 bits per heavy atom. The van der Waals surface area contributed by atoms with E-state index in [1.165, 1.54) is 20.3 Å². The maximum absolute atomic E-state index is 11.4. The number of carbonyl (C=O) groups excluding carboxylic acids is 2. The first kappa shape index (κ1) is 14.1. The average molecular weight is 275 g/mol. The quantitative estimate of drug-likeness (QED) is 0.665. The van der Waals surface area contributed by atoms with Crippen molar-refractivity contribution in [3.05, 3.63) is 41.5 Å². The lowest BCUT2D eigenvalue weighted by Gasteiger charge is -2.28. The number of ether oxygens (including phenoxy) is 2. The Morgan fingerprint density at radius 1 is 1.30 bits per heavy atom. The van der Waals surface area contributed by atoms with Gasteiger partial charge in [-0.05, 0) is 12.0 Å². The Labute approximate surface area is 117 Å². The molecular formula is C15H17NO4. The Bertz CT molecular complexity index is 551. The van der Waals surface area contributed by atoms with Gasteiger partial charge in [0, 0.05) is 23.4 Å². The highest BCUT2D eigenvalue weighted by Crippen LogP contribution is 2.25. The van der Waals surface area contributed by atoms with Crippen molar-refractivity contribution in [2.75, 3.05) is 14.2 Å². The summed E-state index contributed by atoms with van der Waals surface area (Å²) in [7, 11) is 2.70. The van der Waals surface area contributed by atoms with E-state index in [0.29, 0.717) is 12.1 Å². The molecule has 20 heavy (non-hydrogen) atoms. The van der Waals surface area contributed by atoms with E-state index in [1.54, 1.807) is 0 Å². The first-order chi connectivity index (χ1) is 9.63. The molecule has 1 aromatic rings. The number of hydrogen-bond donors (Lipinski definition) is 1. The van der Waals surface area contributed by atoms with E-state index < -0.39 is 5.97 Å². The fourth-order valence-corrected chi connectivity index (χ4v) is 2.28. The molecular weight excluding hydrogens is 258 g/mol. The largest absolute Gasteiger partial charge is 0.469 e. The van der Waals surface area contributed by atoms with Crippen LogP contribution in [0.4, 0.5) is 0 Å². The molecule has 0 fully saturated rings. The second kappa shape index (κ2) is 6.23. The molecule has 0 radical (unpaired) electrons. The molecule has 5 heteroatoms. The van der Waals surface area contributed by atoms with E-state index >= 15 is 0 Å². The second-order valence-corrected chi connectivity index (χ2v) is 4.56. The van der Waals surface area contributed by atoms with Crippen LogP contribution in [0.1, 0.15) is 17.5 Å². The van der Waals surface area contributed by atoms with Gasteiger partial charge in [0.15, 0.2) is 0 Å². The Morgan fingerprint density at radius 3 is 2.75 bits per heavy atom. The molecule has 0 bridgehead atoms. The van der Waals surface area contributed by atoms with Gasteiger partial charge >= 0.3 is 11.9 Å². The Balaban J connectivity index is 2.29. The van der Waals surface area contributed by atoms with Crippen molar-refractivity contribution in [1.29, 1.82) is 0 Å². The minimum absolute atomic E-state index is 0.0896.